The molecule has 2 amide bonds. The van der Waals surface area contributed by atoms with E-state index in [2.05, 4.69) is 4.98 Å². The molecule has 168 valence electrons. The van der Waals surface area contributed by atoms with E-state index in [1.807, 2.05) is 19.0 Å². The highest BCUT2D eigenvalue weighted by atomic mass is 32.2. The molecule has 1 aliphatic rings. The molecule has 11 heteroatoms. The van der Waals surface area contributed by atoms with Crippen molar-refractivity contribution in [2.24, 2.45) is 0 Å². The first-order chi connectivity index (χ1) is 14.5. The van der Waals surface area contributed by atoms with Gasteiger partial charge in [-0.1, -0.05) is 12.1 Å². The number of para-hydroxylation sites is 1. The molecule has 1 aromatic heterocycles. The van der Waals surface area contributed by atoms with E-state index in [0.29, 0.717) is 24.5 Å². The second-order valence-corrected chi connectivity index (χ2v) is 9.88. The van der Waals surface area contributed by atoms with Crippen LogP contribution >= 0.6 is 0 Å². The number of aromatic nitrogens is 2. The zero-order chi connectivity index (χ0) is 22.9. The van der Waals surface area contributed by atoms with Crippen LogP contribution < -0.4 is 0 Å². The third-order valence-electron chi connectivity index (χ3n) is 5.18. The van der Waals surface area contributed by atoms with Gasteiger partial charge in [0.25, 0.3) is 5.91 Å². The van der Waals surface area contributed by atoms with Gasteiger partial charge < -0.3 is 14.7 Å². The van der Waals surface area contributed by atoms with E-state index in [0.717, 1.165) is 4.31 Å². The molecule has 1 aromatic carbocycles. The predicted octanol–water partition coefficient (Wildman–Crippen LogP) is 0.0984. The van der Waals surface area contributed by atoms with Gasteiger partial charge in [-0.2, -0.15) is 4.31 Å². The maximum absolute atomic E-state index is 13.4. The Kier molecular flexibility index (Phi) is 6.48. The monoisotopic (exact) mass is 448 g/mol. The van der Waals surface area contributed by atoms with E-state index < -0.39 is 10.0 Å². The number of sulfonamides is 1. The third-order valence-corrected chi connectivity index (χ3v) is 7.02. The van der Waals surface area contributed by atoms with Gasteiger partial charge in [-0.25, -0.2) is 13.4 Å². The SMILES string of the molecule is CN(C)CCN(C)C(=O)c1ncn2c1CN(CC(=O)N(C)C)S(=O)(=O)c1ccccc1-2. The molecule has 0 saturated carbocycles. The molecule has 2 aromatic rings. The summed E-state index contributed by atoms with van der Waals surface area (Å²) >= 11 is 0. The molecule has 0 atom stereocenters. The first-order valence-electron chi connectivity index (χ1n) is 9.80. The molecule has 0 spiro atoms. The topological polar surface area (TPSA) is 99.1 Å². The molecule has 0 unspecified atom stereocenters. The summed E-state index contributed by atoms with van der Waals surface area (Å²) in [5.41, 5.74) is 1.01. The lowest BCUT2D eigenvalue weighted by Crippen LogP contribution is -2.40. The van der Waals surface area contributed by atoms with Crippen molar-refractivity contribution in [3.63, 3.8) is 0 Å². The largest absolute Gasteiger partial charge is 0.348 e. The number of hydrogen-bond donors (Lipinski definition) is 0. The smallest absolute Gasteiger partial charge is 0.274 e. The van der Waals surface area contributed by atoms with E-state index in [-0.39, 0.29) is 35.5 Å². The van der Waals surface area contributed by atoms with Crippen LogP contribution in [0.3, 0.4) is 0 Å². The molecule has 0 N–H and O–H groups in total. The van der Waals surface area contributed by atoms with Crippen LogP contribution in [0.15, 0.2) is 35.5 Å². The number of nitrogens with zero attached hydrogens (tertiary/aromatic N) is 6. The number of amides is 2. The Labute approximate surface area is 182 Å². The standard InChI is InChI=1S/C20H28N6O4S/c1-22(2)10-11-24(5)20(28)19-16-12-25(13-18(27)23(3)4)31(29,30)17-9-7-6-8-15(17)26(16)14-21-19/h6-9,14H,10-13H2,1-5H3. The van der Waals surface area contributed by atoms with Crippen molar-refractivity contribution in [2.45, 2.75) is 11.4 Å². The molecule has 0 radical (unpaired) electrons. The Morgan fingerprint density at radius 1 is 1.06 bits per heavy atom. The van der Waals surface area contributed by atoms with E-state index in [4.69, 9.17) is 0 Å². The van der Waals surface area contributed by atoms with Crippen LogP contribution in [0.5, 0.6) is 0 Å². The van der Waals surface area contributed by atoms with Crippen LogP contribution in [0.25, 0.3) is 5.69 Å². The van der Waals surface area contributed by atoms with Crippen LogP contribution in [-0.2, 0) is 21.4 Å². The number of carbonyl (C=O) groups is 2. The Balaban J connectivity index is 2.08. The molecule has 0 saturated heterocycles. The molecule has 0 aliphatic carbocycles. The first-order valence-corrected chi connectivity index (χ1v) is 11.2. The Morgan fingerprint density at radius 2 is 1.74 bits per heavy atom. The summed E-state index contributed by atoms with van der Waals surface area (Å²) in [4.78, 5) is 34.7. The van der Waals surface area contributed by atoms with Crippen molar-refractivity contribution < 1.29 is 18.0 Å². The Morgan fingerprint density at radius 3 is 2.39 bits per heavy atom. The van der Waals surface area contributed by atoms with Gasteiger partial charge in [-0.15, -0.1) is 0 Å². The summed E-state index contributed by atoms with van der Waals surface area (Å²) in [5, 5.41) is 0. The van der Waals surface area contributed by atoms with E-state index >= 15 is 0 Å². The number of rotatable bonds is 6. The average Bonchev–Trinajstić information content (AvgIpc) is 3.10. The third kappa shape index (κ3) is 4.48. The molecule has 2 heterocycles. The van der Waals surface area contributed by atoms with Crippen LogP contribution in [0, 0.1) is 0 Å². The summed E-state index contributed by atoms with van der Waals surface area (Å²) in [6.45, 7) is 0.701. The quantitative estimate of drug-likeness (QED) is 0.622. The van der Waals surface area contributed by atoms with Gasteiger partial charge in [0.2, 0.25) is 15.9 Å². The van der Waals surface area contributed by atoms with Gasteiger partial charge in [0.1, 0.15) is 11.2 Å². The fraction of sp³-hybridized carbons (Fsp3) is 0.450. The van der Waals surface area contributed by atoms with Crippen LogP contribution in [0.4, 0.5) is 0 Å². The second kappa shape index (κ2) is 8.77. The highest BCUT2D eigenvalue weighted by Gasteiger charge is 2.36. The molecule has 31 heavy (non-hydrogen) atoms. The van der Waals surface area contributed by atoms with Crippen LogP contribution in [0.1, 0.15) is 16.2 Å². The number of fused-ring (bicyclic) bond motifs is 3. The van der Waals surface area contributed by atoms with Crippen LogP contribution in [0.2, 0.25) is 0 Å². The maximum Gasteiger partial charge on any atom is 0.274 e. The lowest BCUT2D eigenvalue weighted by atomic mass is 10.2. The van der Waals surface area contributed by atoms with Crippen molar-refractivity contribution >= 4 is 21.8 Å². The normalized spacial score (nSPS) is 15.2. The lowest BCUT2D eigenvalue weighted by Gasteiger charge is -2.22. The molecular formula is C20H28N6O4S. The molecule has 3 rings (SSSR count). The van der Waals surface area contributed by atoms with Crippen molar-refractivity contribution in [3.05, 3.63) is 42.0 Å². The number of imidazole rings is 1. The summed E-state index contributed by atoms with van der Waals surface area (Å²) < 4.78 is 29.5. The summed E-state index contributed by atoms with van der Waals surface area (Å²) in [7, 11) is 4.70. The van der Waals surface area contributed by atoms with Gasteiger partial charge >= 0.3 is 0 Å². The van der Waals surface area contributed by atoms with Gasteiger partial charge in [0.15, 0.2) is 5.69 Å². The minimum Gasteiger partial charge on any atom is -0.348 e. The summed E-state index contributed by atoms with van der Waals surface area (Å²) in [6.07, 6.45) is 1.47. The lowest BCUT2D eigenvalue weighted by molar-refractivity contribution is -0.128. The second-order valence-electron chi connectivity index (χ2n) is 7.97. The maximum atomic E-state index is 13.4. The summed E-state index contributed by atoms with van der Waals surface area (Å²) in [6, 6.07) is 6.52. The highest BCUT2D eigenvalue weighted by molar-refractivity contribution is 7.89. The van der Waals surface area contributed by atoms with Gasteiger partial charge in [0, 0.05) is 34.2 Å². The Bertz CT molecular complexity index is 1090. The predicted molar refractivity (Wildman–Crippen MR) is 115 cm³/mol. The van der Waals surface area contributed by atoms with Gasteiger partial charge in [0.05, 0.1) is 24.5 Å². The van der Waals surface area contributed by atoms with Crippen molar-refractivity contribution in [1.82, 2.24) is 28.6 Å². The van der Waals surface area contributed by atoms with Crippen molar-refractivity contribution in [2.75, 3.05) is 54.9 Å². The molecule has 1 aliphatic heterocycles. The van der Waals surface area contributed by atoms with Gasteiger partial charge in [-0.05, 0) is 26.2 Å². The fourth-order valence-corrected chi connectivity index (χ4v) is 4.77. The molecule has 0 bridgehead atoms. The average molecular weight is 449 g/mol. The van der Waals surface area contributed by atoms with Crippen LogP contribution in [-0.4, -0.2) is 104 Å². The van der Waals surface area contributed by atoms with E-state index in [1.54, 1.807) is 48.8 Å². The molecular weight excluding hydrogens is 420 g/mol. The van der Waals surface area contributed by atoms with Crippen molar-refractivity contribution in [3.8, 4) is 5.69 Å². The Hall–Kier alpha value is -2.76. The zero-order valence-electron chi connectivity index (χ0n) is 18.4. The minimum atomic E-state index is -3.96. The zero-order valence-corrected chi connectivity index (χ0v) is 19.3. The highest BCUT2D eigenvalue weighted by Crippen LogP contribution is 2.31. The minimum absolute atomic E-state index is 0.0673. The molecule has 10 nitrogen and oxygen atoms in total. The fourth-order valence-electron chi connectivity index (χ4n) is 3.24. The molecule has 0 fully saturated rings. The van der Waals surface area contributed by atoms with E-state index in [9.17, 15) is 18.0 Å². The van der Waals surface area contributed by atoms with Gasteiger partial charge in [-0.3, -0.25) is 14.2 Å². The van der Waals surface area contributed by atoms with Crippen molar-refractivity contribution in [1.29, 1.82) is 0 Å². The number of carbonyl (C=O) groups excluding carboxylic acids is 2. The number of likely N-dealkylation sites (N-methyl/N-ethyl adjacent to an activating group) is 3. The van der Waals surface area contributed by atoms with E-state index in [1.165, 1.54) is 17.3 Å². The number of hydrogen-bond acceptors (Lipinski definition) is 6. The summed E-state index contributed by atoms with van der Waals surface area (Å²) in [5.74, 6) is -0.656. The number of benzene rings is 1. The first kappa shape index (κ1) is 22.9.